The number of benzene rings is 1. The molecule has 0 aromatic heterocycles. The lowest BCUT2D eigenvalue weighted by Crippen LogP contribution is -2.44. The first-order valence-corrected chi connectivity index (χ1v) is 9.69. The van der Waals surface area contributed by atoms with E-state index in [-0.39, 0.29) is 12.5 Å². The van der Waals surface area contributed by atoms with Gasteiger partial charge in [-0.05, 0) is 43.2 Å². The van der Waals surface area contributed by atoms with E-state index < -0.39 is 0 Å². The number of ether oxygens (including phenoxy) is 1. The van der Waals surface area contributed by atoms with Crippen LogP contribution in [0.5, 0.6) is 5.75 Å². The van der Waals surface area contributed by atoms with Crippen LogP contribution in [-0.2, 0) is 4.79 Å². The van der Waals surface area contributed by atoms with E-state index >= 15 is 0 Å². The Morgan fingerprint density at radius 1 is 1.31 bits per heavy atom. The van der Waals surface area contributed by atoms with Crippen molar-refractivity contribution in [3.63, 3.8) is 0 Å². The highest BCUT2D eigenvalue weighted by atomic mass is 16.5. The number of amides is 1. The molecule has 6 heteroatoms. The Kier molecular flexibility index (Phi) is 4.74. The summed E-state index contributed by atoms with van der Waals surface area (Å²) in [4.78, 5) is 20.9. The van der Waals surface area contributed by atoms with E-state index in [9.17, 15) is 4.79 Å². The summed E-state index contributed by atoms with van der Waals surface area (Å²) in [5.41, 5.74) is 1.45. The van der Waals surface area contributed by atoms with Gasteiger partial charge >= 0.3 is 0 Å². The van der Waals surface area contributed by atoms with Crippen LogP contribution >= 0.6 is 0 Å². The Balaban J connectivity index is 1.28. The van der Waals surface area contributed by atoms with Crippen molar-refractivity contribution in [1.29, 1.82) is 0 Å². The topological polar surface area (TPSA) is 57.2 Å². The molecule has 3 aliphatic rings. The van der Waals surface area contributed by atoms with Gasteiger partial charge in [0.05, 0.1) is 5.69 Å². The number of carbonyl (C=O) groups excluding carboxylic acids is 1. The van der Waals surface area contributed by atoms with Gasteiger partial charge in [0, 0.05) is 33.2 Å². The lowest BCUT2D eigenvalue weighted by molar-refractivity contribution is -0.121. The molecule has 6 nitrogen and oxygen atoms in total. The van der Waals surface area contributed by atoms with Gasteiger partial charge in [-0.1, -0.05) is 18.6 Å². The highest BCUT2D eigenvalue weighted by Crippen LogP contribution is 2.47. The van der Waals surface area contributed by atoms with E-state index in [1.54, 1.807) is 0 Å². The number of aliphatic imine (C=N–C) groups is 1. The van der Waals surface area contributed by atoms with E-state index in [0.717, 1.165) is 43.5 Å². The van der Waals surface area contributed by atoms with Crippen LogP contribution in [0.2, 0.25) is 0 Å². The maximum Gasteiger partial charge on any atom is 0.265 e. The Morgan fingerprint density at radius 3 is 2.88 bits per heavy atom. The molecule has 1 N–H and O–H groups in total. The molecule has 1 saturated heterocycles. The van der Waals surface area contributed by atoms with Crippen LogP contribution in [-0.4, -0.2) is 56.6 Å². The molecular weight excluding hydrogens is 328 g/mol. The van der Waals surface area contributed by atoms with Crippen LogP contribution in [0.15, 0.2) is 29.3 Å². The molecule has 1 saturated carbocycles. The lowest BCUT2D eigenvalue weighted by atomic mass is 9.68. The molecule has 1 aromatic rings. The number of fused-ring (bicyclic) bond motifs is 1. The van der Waals surface area contributed by atoms with Crippen molar-refractivity contribution in [2.24, 2.45) is 10.4 Å². The first-order chi connectivity index (χ1) is 12.7. The summed E-state index contributed by atoms with van der Waals surface area (Å²) in [6.07, 6.45) is 6.30. The Labute approximate surface area is 155 Å². The van der Waals surface area contributed by atoms with Crippen molar-refractivity contribution in [3.8, 4) is 5.75 Å². The zero-order chi connectivity index (χ0) is 18.0. The minimum Gasteiger partial charge on any atom is -0.482 e. The summed E-state index contributed by atoms with van der Waals surface area (Å²) in [6.45, 7) is 3.87. The van der Waals surface area contributed by atoms with Gasteiger partial charge in [-0.2, -0.15) is 0 Å². The Hall–Kier alpha value is -2.24. The van der Waals surface area contributed by atoms with Gasteiger partial charge < -0.3 is 19.9 Å². The van der Waals surface area contributed by atoms with Crippen LogP contribution in [0, 0.1) is 5.41 Å². The van der Waals surface area contributed by atoms with Gasteiger partial charge in [-0.25, -0.2) is 0 Å². The number of nitrogens with one attached hydrogen (secondary N) is 1. The smallest absolute Gasteiger partial charge is 0.265 e. The monoisotopic (exact) mass is 356 g/mol. The SMILES string of the molecule is CN=C(NCCCN1C(=O)COc2ccccc21)N1CCC2(CCC2)C1. The molecule has 2 heterocycles. The van der Waals surface area contributed by atoms with Crippen LogP contribution in [0.25, 0.3) is 0 Å². The van der Waals surface area contributed by atoms with E-state index in [2.05, 4.69) is 15.2 Å². The zero-order valence-corrected chi connectivity index (χ0v) is 15.5. The second-order valence-corrected chi connectivity index (χ2v) is 7.65. The zero-order valence-electron chi connectivity index (χ0n) is 15.5. The van der Waals surface area contributed by atoms with Gasteiger partial charge in [0.25, 0.3) is 5.91 Å². The molecule has 1 amide bonds. The number of hydrogen-bond acceptors (Lipinski definition) is 3. The summed E-state index contributed by atoms with van der Waals surface area (Å²) in [7, 11) is 1.86. The van der Waals surface area contributed by atoms with Gasteiger partial charge in [0.1, 0.15) is 5.75 Å². The largest absolute Gasteiger partial charge is 0.482 e. The summed E-state index contributed by atoms with van der Waals surface area (Å²) in [5.74, 6) is 1.82. The summed E-state index contributed by atoms with van der Waals surface area (Å²) in [5, 5.41) is 3.48. The number of hydrogen-bond donors (Lipinski definition) is 1. The number of anilines is 1. The predicted octanol–water partition coefficient (Wildman–Crippen LogP) is 2.25. The third kappa shape index (κ3) is 3.24. The van der Waals surface area contributed by atoms with E-state index in [4.69, 9.17) is 4.74 Å². The number of para-hydroxylation sites is 2. The van der Waals surface area contributed by atoms with Gasteiger partial charge in [-0.15, -0.1) is 0 Å². The molecule has 0 radical (unpaired) electrons. The summed E-state index contributed by atoms with van der Waals surface area (Å²) >= 11 is 0. The Bertz CT molecular complexity index is 699. The molecule has 140 valence electrons. The summed E-state index contributed by atoms with van der Waals surface area (Å²) < 4.78 is 5.50. The highest BCUT2D eigenvalue weighted by molar-refractivity contribution is 5.97. The average Bonchev–Trinajstić information content (AvgIpc) is 3.09. The van der Waals surface area contributed by atoms with Crippen molar-refractivity contribution in [1.82, 2.24) is 10.2 Å². The number of likely N-dealkylation sites (tertiary alicyclic amines) is 1. The molecular formula is C20H28N4O2. The van der Waals surface area contributed by atoms with Crippen molar-refractivity contribution in [2.75, 3.05) is 44.7 Å². The highest BCUT2D eigenvalue weighted by Gasteiger charge is 2.43. The molecule has 0 unspecified atom stereocenters. The second kappa shape index (κ2) is 7.17. The minimum atomic E-state index is 0.0274. The van der Waals surface area contributed by atoms with E-state index in [0.29, 0.717) is 12.0 Å². The van der Waals surface area contributed by atoms with E-state index in [1.807, 2.05) is 36.2 Å². The van der Waals surface area contributed by atoms with Crippen molar-refractivity contribution < 1.29 is 9.53 Å². The molecule has 4 rings (SSSR count). The first-order valence-electron chi connectivity index (χ1n) is 9.69. The number of guanidine groups is 1. The molecule has 0 bridgehead atoms. The number of carbonyl (C=O) groups is 1. The first kappa shape index (κ1) is 17.2. The quantitative estimate of drug-likeness (QED) is 0.511. The Morgan fingerprint density at radius 2 is 2.15 bits per heavy atom. The summed E-state index contributed by atoms with van der Waals surface area (Å²) in [6, 6.07) is 7.74. The third-order valence-electron chi connectivity index (χ3n) is 6.01. The second-order valence-electron chi connectivity index (χ2n) is 7.65. The van der Waals surface area contributed by atoms with Gasteiger partial charge in [0.2, 0.25) is 0 Å². The van der Waals surface area contributed by atoms with Crippen LogP contribution in [0.3, 0.4) is 0 Å². The van der Waals surface area contributed by atoms with Crippen LogP contribution in [0.1, 0.15) is 32.1 Å². The maximum atomic E-state index is 12.2. The minimum absolute atomic E-state index is 0.0274. The van der Waals surface area contributed by atoms with Gasteiger partial charge in [0.15, 0.2) is 12.6 Å². The molecule has 2 fully saturated rings. The fourth-order valence-corrected chi connectivity index (χ4v) is 4.37. The number of nitrogens with zero attached hydrogens (tertiary/aromatic N) is 3. The fourth-order valence-electron chi connectivity index (χ4n) is 4.37. The molecule has 0 atom stereocenters. The van der Waals surface area contributed by atoms with Crippen molar-refractivity contribution in [2.45, 2.75) is 32.1 Å². The predicted molar refractivity (Wildman–Crippen MR) is 103 cm³/mol. The molecule has 1 spiro atoms. The van der Waals surface area contributed by atoms with Crippen molar-refractivity contribution in [3.05, 3.63) is 24.3 Å². The molecule has 1 aliphatic carbocycles. The lowest BCUT2D eigenvalue weighted by Gasteiger charge is -2.38. The van der Waals surface area contributed by atoms with Crippen LogP contribution < -0.4 is 15.0 Å². The third-order valence-corrected chi connectivity index (χ3v) is 6.01. The fraction of sp³-hybridized carbons (Fsp3) is 0.600. The maximum absolute atomic E-state index is 12.2. The standard InChI is InChI=1S/C20H28N4O2/c1-21-19(23-13-10-20(15-23)8-4-9-20)22-11-5-12-24-16-6-2-3-7-17(16)26-14-18(24)25/h2-3,6-7H,4-5,8-15H2,1H3,(H,21,22). The number of rotatable bonds is 4. The van der Waals surface area contributed by atoms with Crippen LogP contribution in [0.4, 0.5) is 5.69 Å². The normalized spacial score (nSPS) is 21.4. The van der Waals surface area contributed by atoms with Gasteiger partial charge in [-0.3, -0.25) is 9.79 Å². The average molecular weight is 356 g/mol. The molecule has 26 heavy (non-hydrogen) atoms. The van der Waals surface area contributed by atoms with E-state index in [1.165, 1.54) is 25.7 Å². The molecule has 1 aromatic carbocycles. The van der Waals surface area contributed by atoms with Crippen molar-refractivity contribution >= 4 is 17.6 Å². The molecule has 2 aliphatic heterocycles.